The number of benzene rings is 1. The third kappa shape index (κ3) is 4.07. The number of aromatic nitrogens is 1. The minimum atomic E-state index is -0.175. The Labute approximate surface area is 154 Å². The summed E-state index contributed by atoms with van der Waals surface area (Å²) in [6, 6.07) is 8.88. The van der Waals surface area contributed by atoms with Gasteiger partial charge in [-0.1, -0.05) is 6.92 Å². The number of rotatable bonds is 5. The molecule has 1 aromatic heterocycles. The molecule has 2 heterocycles. The molecule has 1 aromatic carbocycles. The molecule has 0 aliphatic carbocycles. The van der Waals surface area contributed by atoms with E-state index in [0.717, 1.165) is 25.3 Å². The van der Waals surface area contributed by atoms with Crippen molar-refractivity contribution in [3.8, 4) is 11.5 Å². The Morgan fingerprint density at radius 2 is 2.00 bits per heavy atom. The van der Waals surface area contributed by atoms with Crippen LogP contribution in [0.5, 0.6) is 11.5 Å². The van der Waals surface area contributed by atoms with Crippen LogP contribution in [0.25, 0.3) is 0 Å². The summed E-state index contributed by atoms with van der Waals surface area (Å²) in [4.78, 5) is 19.3. The molecule has 1 fully saturated rings. The third-order valence-corrected chi connectivity index (χ3v) is 4.63. The molecular weight excluding hydrogens is 330 g/mol. The number of carbonyl (C=O) groups is 1. The lowest BCUT2D eigenvalue weighted by Gasteiger charge is -2.31. The SMILES string of the molecule is COc1ccc(NC(=O)c2ccnc(N3CCCC(C)C3)c2)cc1OC. The summed E-state index contributed by atoms with van der Waals surface area (Å²) >= 11 is 0. The van der Waals surface area contributed by atoms with E-state index >= 15 is 0 Å². The van der Waals surface area contributed by atoms with Crippen molar-refractivity contribution in [3.63, 3.8) is 0 Å². The van der Waals surface area contributed by atoms with Crippen LogP contribution in [0, 0.1) is 5.92 Å². The molecule has 1 saturated heterocycles. The fourth-order valence-corrected chi connectivity index (χ4v) is 3.25. The molecule has 1 aliphatic rings. The first-order chi connectivity index (χ1) is 12.6. The van der Waals surface area contributed by atoms with Crippen molar-refractivity contribution in [2.75, 3.05) is 37.5 Å². The monoisotopic (exact) mass is 355 g/mol. The molecule has 6 heteroatoms. The molecular formula is C20H25N3O3. The molecule has 1 N–H and O–H groups in total. The van der Waals surface area contributed by atoms with Crippen molar-refractivity contribution in [1.82, 2.24) is 4.98 Å². The Kier molecular flexibility index (Phi) is 5.61. The van der Waals surface area contributed by atoms with E-state index in [4.69, 9.17) is 9.47 Å². The lowest BCUT2D eigenvalue weighted by Crippen LogP contribution is -2.34. The van der Waals surface area contributed by atoms with Crippen molar-refractivity contribution in [1.29, 1.82) is 0 Å². The number of anilines is 2. The predicted molar refractivity (Wildman–Crippen MR) is 102 cm³/mol. The van der Waals surface area contributed by atoms with Crippen molar-refractivity contribution < 1.29 is 14.3 Å². The van der Waals surface area contributed by atoms with Crippen molar-refractivity contribution in [2.45, 2.75) is 19.8 Å². The first-order valence-electron chi connectivity index (χ1n) is 8.85. The number of nitrogens with one attached hydrogen (secondary N) is 1. The van der Waals surface area contributed by atoms with E-state index in [1.807, 2.05) is 6.07 Å². The van der Waals surface area contributed by atoms with Gasteiger partial charge in [0.25, 0.3) is 5.91 Å². The molecule has 0 bridgehead atoms. The topological polar surface area (TPSA) is 63.7 Å². The summed E-state index contributed by atoms with van der Waals surface area (Å²) in [6.45, 7) is 4.21. The van der Waals surface area contributed by atoms with Gasteiger partial charge in [-0.2, -0.15) is 0 Å². The van der Waals surface area contributed by atoms with Crippen LogP contribution in [0.2, 0.25) is 0 Å². The minimum Gasteiger partial charge on any atom is -0.493 e. The second-order valence-corrected chi connectivity index (χ2v) is 6.62. The molecule has 0 radical (unpaired) electrons. The largest absolute Gasteiger partial charge is 0.493 e. The van der Waals surface area contributed by atoms with Crippen LogP contribution in [0.4, 0.5) is 11.5 Å². The Bertz CT molecular complexity index is 779. The second-order valence-electron chi connectivity index (χ2n) is 6.62. The van der Waals surface area contributed by atoms with Gasteiger partial charge in [0.2, 0.25) is 0 Å². The van der Waals surface area contributed by atoms with Gasteiger partial charge < -0.3 is 19.7 Å². The van der Waals surface area contributed by atoms with Crippen LogP contribution in [-0.2, 0) is 0 Å². The standard InChI is InChI=1S/C20H25N3O3/c1-14-5-4-10-23(13-14)19-11-15(8-9-21-19)20(24)22-16-6-7-17(25-2)18(12-16)26-3/h6-9,11-12,14H,4-5,10,13H2,1-3H3,(H,22,24). The summed E-state index contributed by atoms with van der Waals surface area (Å²) in [7, 11) is 3.15. The molecule has 1 aliphatic heterocycles. The van der Waals surface area contributed by atoms with E-state index in [2.05, 4.69) is 22.1 Å². The van der Waals surface area contributed by atoms with E-state index in [-0.39, 0.29) is 5.91 Å². The van der Waals surface area contributed by atoms with Gasteiger partial charge in [0.15, 0.2) is 11.5 Å². The highest BCUT2D eigenvalue weighted by atomic mass is 16.5. The number of methoxy groups -OCH3 is 2. The Balaban J connectivity index is 1.75. The summed E-state index contributed by atoms with van der Waals surface area (Å²) in [6.07, 6.45) is 4.10. The van der Waals surface area contributed by atoms with Gasteiger partial charge in [-0.15, -0.1) is 0 Å². The molecule has 0 spiro atoms. The van der Waals surface area contributed by atoms with Gasteiger partial charge in [0.1, 0.15) is 5.82 Å². The maximum absolute atomic E-state index is 12.6. The number of ether oxygens (including phenoxy) is 2. The van der Waals surface area contributed by atoms with Crippen molar-refractivity contribution in [3.05, 3.63) is 42.1 Å². The molecule has 1 atom stereocenters. The molecule has 138 valence electrons. The highest BCUT2D eigenvalue weighted by Gasteiger charge is 2.18. The third-order valence-electron chi connectivity index (χ3n) is 4.63. The van der Waals surface area contributed by atoms with Crippen LogP contribution in [0.3, 0.4) is 0 Å². The summed E-state index contributed by atoms with van der Waals surface area (Å²) < 4.78 is 10.5. The normalized spacial score (nSPS) is 16.9. The number of hydrogen-bond acceptors (Lipinski definition) is 5. The second kappa shape index (κ2) is 8.08. The average molecular weight is 355 g/mol. The van der Waals surface area contributed by atoms with Crippen LogP contribution in [0.1, 0.15) is 30.1 Å². The maximum Gasteiger partial charge on any atom is 0.255 e. The zero-order valence-electron chi connectivity index (χ0n) is 15.5. The number of amides is 1. The van der Waals surface area contributed by atoms with Crippen LogP contribution in [-0.4, -0.2) is 38.2 Å². The summed E-state index contributed by atoms with van der Waals surface area (Å²) in [5.41, 5.74) is 1.24. The first kappa shape index (κ1) is 18.0. The lowest BCUT2D eigenvalue weighted by atomic mass is 10.0. The zero-order chi connectivity index (χ0) is 18.5. The molecule has 1 amide bonds. The number of piperidine rings is 1. The molecule has 2 aromatic rings. The van der Waals surface area contributed by atoms with Gasteiger partial charge in [-0.05, 0) is 43.0 Å². The van der Waals surface area contributed by atoms with Crippen LogP contribution >= 0.6 is 0 Å². The lowest BCUT2D eigenvalue weighted by molar-refractivity contribution is 0.102. The maximum atomic E-state index is 12.6. The number of carbonyl (C=O) groups excluding carboxylic acids is 1. The van der Waals surface area contributed by atoms with Gasteiger partial charge >= 0.3 is 0 Å². The molecule has 26 heavy (non-hydrogen) atoms. The van der Waals surface area contributed by atoms with Gasteiger partial charge in [0.05, 0.1) is 14.2 Å². The fraction of sp³-hybridized carbons (Fsp3) is 0.400. The smallest absolute Gasteiger partial charge is 0.255 e. The molecule has 6 nitrogen and oxygen atoms in total. The quantitative estimate of drug-likeness (QED) is 0.888. The first-order valence-corrected chi connectivity index (χ1v) is 8.85. The molecule has 0 saturated carbocycles. The average Bonchev–Trinajstić information content (AvgIpc) is 2.68. The summed E-state index contributed by atoms with van der Waals surface area (Å²) in [5.74, 6) is 2.52. The number of pyridine rings is 1. The Morgan fingerprint density at radius 1 is 1.19 bits per heavy atom. The van der Waals surface area contributed by atoms with Crippen LogP contribution < -0.4 is 19.7 Å². The van der Waals surface area contributed by atoms with Crippen LogP contribution in [0.15, 0.2) is 36.5 Å². The van der Waals surface area contributed by atoms with E-state index in [1.54, 1.807) is 44.7 Å². The van der Waals surface area contributed by atoms with Gasteiger partial charge in [-0.25, -0.2) is 4.98 Å². The molecule has 1 unspecified atom stereocenters. The molecule has 3 rings (SSSR count). The number of hydrogen-bond donors (Lipinski definition) is 1. The Morgan fingerprint density at radius 3 is 2.73 bits per heavy atom. The van der Waals surface area contributed by atoms with E-state index in [1.165, 1.54) is 6.42 Å². The van der Waals surface area contributed by atoms with Crippen molar-refractivity contribution >= 4 is 17.4 Å². The van der Waals surface area contributed by atoms with Crippen molar-refractivity contribution in [2.24, 2.45) is 5.92 Å². The fourth-order valence-electron chi connectivity index (χ4n) is 3.25. The van der Waals surface area contributed by atoms with Gasteiger partial charge in [-0.3, -0.25) is 4.79 Å². The highest BCUT2D eigenvalue weighted by Crippen LogP contribution is 2.30. The summed E-state index contributed by atoms with van der Waals surface area (Å²) in [5, 5.41) is 2.90. The zero-order valence-corrected chi connectivity index (χ0v) is 15.5. The number of nitrogens with zero attached hydrogens (tertiary/aromatic N) is 2. The highest BCUT2D eigenvalue weighted by molar-refractivity contribution is 6.04. The minimum absolute atomic E-state index is 0.175. The van der Waals surface area contributed by atoms with E-state index in [9.17, 15) is 4.79 Å². The van der Waals surface area contributed by atoms with E-state index in [0.29, 0.717) is 28.7 Å². The predicted octanol–water partition coefficient (Wildman–Crippen LogP) is 3.59. The van der Waals surface area contributed by atoms with E-state index < -0.39 is 0 Å². The Hall–Kier alpha value is -2.76. The van der Waals surface area contributed by atoms with Gasteiger partial charge in [0, 0.05) is 36.6 Å².